The summed E-state index contributed by atoms with van der Waals surface area (Å²) in [5.41, 5.74) is 1.38. The van der Waals surface area contributed by atoms with Crippen LogP contribution in [0.15, 0.2) is 127 Å². The average molecular weight is 609 g/mol. The van der Waals surface area contributed by atoms with Gasteiger partial charge in [0.15, 0.2) is 0 Å². The van der Waals surface area contributed by atoms with E-state index in [1.54, 1.807) is 18.2 Å². The first-order valence-corrected chi connectivity index (χ1v) is 15.3. The van der Waals surface area contributed by atoms with E-state index in [2.05, 4.69) is 59.2 Å². The van der Waals surface area contributed by atoms with E-state index < -0.39 is 5.97 Å². The number of anilines is 2. The number of carboxylic acid groups (broad SMARTS) is 1. The molecule has 0 aliphatic heterocycles. The van der Waals surface area contributed by atoms with Crippen molar-refractivity contribution in [3.63, 3.8) is 0 Å². The van der Waals surface area contributed by atoms with Crippen LogP contribution in [0.1, 0.15) is 31.1 Å². The molecule has 0 unspecified atom stereocenters. The standard InChI is InChI=1S/C41H24N2O4/c44-39(33-17-13-26-9-7-22-3-1-5-24-11-15-31(33)37(26)35(22)24)42-29-19-28(41(46)47)20-30(21-29)43-40(45)34-18-14-27-10-8-23-4-2-6-25-12-16-32(34)38(27)36(23)25/h1-21H,(H,42,44)(H,43,45)(H,46,47). The van der Waals surface area contributed by atoms with Crippen LogP contribution in [0.3, 0.4) is 0 Å². The zero-order valence-corrected chi connectivity index (χ0v) is 24.8. The lowest BCUT2D eigenvalue weighted by Crippen LogP contribution is -2.16. The first-order chi connectivity index (χ1) is 22.9. The molecule has 0 aliphatic carbocycles. The molecule has 0 saturated heterocycles. The number of benzene rings is 9. The van der Waals surface area contributed by atoms with Gasteiger partial charge in [0, 0.05) is 22.5 Å². The van der Waals surface area contributed by atoms with E-state index in [9.17, 15) is 19.5 Å². The lowest BCUT2D eigenvalue weighted by molar-refractivity contribution is 0.0696. The fraction of sp³-hybridized carbons (Fsp3) is 0. The van der Waals surface area contributed by atoms with E-state index in [0.717, 1.165) is 64.6 Å². The van der Waals surface area contributed by atoms with Gasteiger partial charge in [0.25, 0.3) is 11.8 Å². The van der Waals surface area contributed by atoms with Gasteiger partial charge in [0.1, 0.15) is 0 Å². The second kappa shape index (κ2) is 9.99. The topological polar surface area (TPSA) is 95.5 Å². The maximum atomic E-state index is 13.8. The molecule has 47 heavy (non-hydrogen) atoms. The van der Waals surface area contributed by atoms with Crippen LogP contribution < -0.4 is 10.6 Å². The molecule has 0 saturated carbocycles. The Morgan fingerprint density at radius 3 is 1.19 bits per heavy atom. The quantitative estimate of drug-likeness (QED) is 0.170. The predicted octanol–water partition coefficient (Wildman–Crippen LogP) is 9.68. The minimum Gasteiger partial charge on any atom is -0.478 e. The van der Waals surface area contributed by atoms with Crippen molar-refractivity contribution < 1.29 is 19.5 Å². The summed E-state index contributed by atoms with van der Waals surface area (Å²) in [5, 5.41) is 28.0. The van der Waals surface area contributed by atoms with Gasteiger partial charge in [-0.15, -0.1) is 0 Å². The second-order valence-corrected chi connectivity index (χ2v) is 12.0. The summed E-state index contributed by atoms with van der Waals surface area (Å²) in [6.07, 6.45) is 0. The van der Waals surface area contributed by atoms with Gasteiger partial charge in [-0.25, -0.2) is 4.79 Å². The molecular formula is C41H24N2O4. The van der Waals surface area contributed by atoms with Crippen molar-refractivity contribution >= 4 is 93.8 Å². The van der Waals surface area contributed by atoms with Crippen LogP contribution in [0.25, 0.3) is 64.6 Å². The first-order valence-electron chi connectivity index (χ1n) is 15.3. The van der Waals surface area contributed by atoms with Crippen LogP contribution in [0.5, 0.6) is 0 Å². The number of aromatic carboxylic acids is 1. The van der Waals surface area contributed by atoms with Gasteiger partial charge in [-0.2, -0.15) is 0 Å². The summed E-state index contributed by atoms with van der Waals surface area (Å²) in [7, 11) is 0. The SMILES string of the molecule is O=C(O)c1cc(NC(=O)c2ccc3ccc4cccc5ccc2c3c45)cc(NC(=O)c2ccc3ccc4cccc5ccc2c3c45)c1. The number of carbonyl (C=O) groups excluding carboxylic acids is 2. The first kappa shape index (κ1) is 26.8. The molecule has 0 radical (unpaired) electrons. The summed E-state index contributed by atoms with van der Waals surface area (Å²) in [6.45, 7) is 0. The zero-order valence-electron chi connectivity index (χ0n) is 24.8. The van der Waals surface area contributed by atoms with Crippen LogP contribution in [0, 0.1) is 0 Å². The van der Waals surface area contributed by atoms with E-state index in [1.165, 1.54) is 12.1 Å². The number of nitrogens with one attached hydrogen (secondary N) is 2. The summed E-state index contributed by atoms with van der Waals surface area (Å²) in [5.74, 6) is -1.94. The number of hydrogen-bond donors (Lipinski definition) is 3. The third kappa shape index (κ3) is 4.16. The third-order valence-electron chi connectivity index (χ3n) is 9.24. The molecule has 6 nitrogen and oxygen atoms in total. The van der Waals surface area contributed by atoms with Gasteiger partial charge in [-0.1, -0.05) is 97.1 Å². The Kier molecular flexibility index (Phi) is 5.70. The molecule has 0 fully saturated rings. The smallest absolute Gasteiger partial charge is 0.335 e. The maximum absolute atomic E-state index is 13.8. The van der Waals surface area contributed by atoms with Crippen molar-refractivity contribution in [3.05, 3.63) is 144 Å². The molecule has 222 valence electrons. The number of rotatable bonds is 5. The lowest BCUT2D eigenvalue weighted by Gasteiger charge is -2.15. The molecule has 9 rings (SSSR count). The van der Waals surface area contributed by atoms with Gasteiger partial charge in [-0.05, 0) is 95.0 Å². The normalized spacial score (nSPS) is 11.7. The van der Waals surface area contributed by atoms with E-state index in [0.29, 0.717) is 11.1 Å². The molecule has 9 aromatic rings. The average Bonchev–Trinajstić information content (AvgIpc) is 3.09. The van der Waals surface area contributed by atoms with Gasteiger partial charge >= 0.3 is 5.97 Å². The number of carbonyl (C=O) groups is 3. The van der Waals surface area contributed by atoms with Gasteiger partial charge in [-0.3, -0.25) is 9.59 Å². The third-order valence-corrected chi connectivity index (χ3v) is 9.24. The van der Waals surface area contributed by atoms with E-state index in [1.807, 2.05) is 48.5 Å². The number of carboxylic acids is 1. The molecule has 9 aromatic carbocycles. The van der Waals surface area contributed by atoms with Crippen LogP contribution in [0.4, 0.5) is 11.4 Å². The Morgan fingerprint density at radius 2 is 0.787 bits per heavy atom. The molecule has 0 aliphatic rings. The minimum absolute atomic E-state index is 0.0659. The molecular weight excluding hydrogens is 584 g/mol. The van der Waals surface area contributed by atoms with Crippen LogP contribution in [-0.2, 0) is 0 Å². The zero-order chi connectivity index (χ0) is 31.8. The summed E-state index contributed by atoms with van der Waals surface area (Å²) in [6, 6.07) is 40.3. The van der Waals surface area contributed by atoms with Crippen molar-refractivity contribution in [1.29, 1.82) is 0 Å². The lowest BCUT2D eigenvalue weighted by atomic mass is 9.91. The molecule has 2 amide bonds. The van der Waals surface area contributed by atoms with Crippen molar-refractivity contribution in [2.45, 2.75) is 0 Å². The van der Waals surface area contributed by atoms with Gasteiger partial charge < -0.3 is 15.7 Å². The fourth-order valence-electron chi connectivity index (χ4n) is 7.16. The van der Waals surface area contributed by atoms with E-state index >= 15 is 0 Å². The highest BCUT2D eigenvalue weighted by Gasteiger charge is 2.19. The summed E-state index contributed by atoms with van der Waals surface area (Å²) < 4.78 is 0. The Balaban J connectivity index is 1.08. The molecule has 3 N–H and O–H groups in total. The molecule has 0 atom stereocenters. The minimum atomic E-state index is -1.18. The highest BCUT2D eigenvalue weighted by atomic mass is 16.4. The number of hydrogen-bond acceptors (Lipinski definition) is 3. The van der Waals surface area contributed by atoms with Crippen LogP contribution >= 0.6 is 0 Å². The van der Waals surface area contributed by atoms with Gasteiger partial charge in [0.2, 0.25) is 0 Å². The highest BCUT2D eigenvalue weighted by Crippen LogP contribution is 2.38. The second-order valence-electron chi connectivity index (χ2n) is 12.0. The van der Waals surface area contributed by atoms with Crippen molar-refractivity contribution in [2.75, 3.05) is 10.6 Å². The summed E-state index contributed by atoms with van der Waals surface area (Å²) >= 11 is 0. The molecule has 0 spiro atoms. The summed E-state index contributed by atoms with van der Waals surface area (Å²) in [4.78, 5) is 39.7. The molecule has 0 bridgehead atoms. The highest BCUT2D eigenvalue weighted by molar-refractivity contribution is 6.29. The Bertz CT molecular complexity index is 2550. The van der Waals surface area contributed by atoms with Crippen molar-refractivity contribution in [2.24, 2.45) is 0 Å². The largest absolute Gasteiger partial charge is 0.478 e. The van der Waals surface area contributed by atoms with Crippen LogP contribution in [0.2, 0.25) is 0 Å². The molecule has 6 heteroatoms. The Hall–Kier alpha value is -6.53. The predicted molar refractivity (Wildman–Crippen MR) is 190 cm³/mol. The van der Waals surface area contributed by atoms with E-state index in [-0.39, 0.29) is 28.8 Å². The monoisotopic (exact) mass is 608 g/mol. The molecule has 0 heterocycles. The van der Waals surface area contributed by atoms with Gasteiger partial charge in [0.05, 0.1) is 5.56 Å². The van der Waals surface area contributed by atoms with Crippen molar-refractivity contribution in [1.82, 2.24) is 0 Å². The van der Waals surface area contributed by atoms with Crippen molar-refractivity contribution in [3.8, 4) is 0 Å². The number of amides is 2. The maximum Gasteiger partial charge on any atom is 0.335 e. The Labute approximate surface area is 267 Å². The van der Waals surface area contributed by atoms with E-state index in [4.69, 9.17) is 0 Å². The molecule has 0 aromatic heterocycles. The Morgan fingerprint density at radius 1 is 0.426 bits per heavy atom. The van der Waals surface area contributed by atoms with Crippen LogP contribution in [-0.4, -0.2) is 22.9 Å². The fourth-order valence-corrected chi connectivity index (χ4v) is 7.16.